The first-order valence-corrected chi connectivity index (χ1v) is 6.18. The first-order valence-electron chi connectivity index (χ1n) is 6.18. The zero-order valence-electron chi connectivity index (χ0n) is 10.4. The zero-order chi connectivity index (χ0) is 13.1. The molecule has 1 aliphatic heterocycles. The van der Waals surface area contributed by atoms with Gasteiger partial charge < -0.3 is 11.1 Å². The number of rotatable bonds is 3. The van der Waals surface area contributed by atoms with Crippen LogP contribution in [0.25, 0.3) is 0 Å². The molecule has 98 valence electrons. The Bertz CT molecular complexity index is 450. The number of halogens is 1. The summed E-state index contributed by atoms with van der Waals surface area (Å²) in [5.41, 5.74) is 6.25. The van der Waals surface area contributed by atoms with E-state index in [1.165, 1.54) is 0 Å². The molecule has 18 heavy (non-hydrogen) atoms. The van der Waals surface area contributed by atoms with Crippen molar-refractivity contribution in [2.45, 2.75) is 25.9 Å². The van der Waals surface area contributed by atoms with Crippen molar-refractivity contribution in [1.82, 2.24) is 10.2 Å². The maximum Gasteiger partial charge on any atom is 0.237 e. The fourth-order valence-corrected chi connectivity index (χ4v) is 2.34. The molecule has 1 fully saturated rings. The average Bonchev–Trinajstić information content (AvgIpc) is 2.35. The maximum absolute atomic E-state index is 13.8. The van der Waals surface area contributed by atoms with E-state index in [4.69, 9.17) is 5.73 Å². The van der Waals surface area contributed by atoms with E-state index in [0.717, 1.165) is 13.0 Å². The molecular formula is C13H18FN3O. The molecule has 4 nitrogen and oxygen atoms in total. The molecule has 0 saturated carbocycles. The Hall–Kier alpha value is -1.62. The molecule has 1 aliphatic rings. The minimum absolute atomic E-state index is 0.0214. The van der Waals surface area contributed by atoms with Gasteiger partial charge in [-0.1, -0.05) is 19.1 Å². The number of nitrogen functional groups attached to an aromatic ring is 1. The van der Waals surface area contributed by atoms with Gasteiger partial charge in [-0.2, -0.15) is 0 Å². The van der Waals surface area contributed by atoms with Crippen LogP contribution < -0.4 is 11.1 Å². The largest absolute Gasteiger partial charge is 0.396 e. The maximum atomic E-state index is 13.8. The minimum Gasteiger partial charge on any atom is -0.396 e. The second-order valence-corrected chi connectivity index (χ2v) is 4.51. The number of hydrogen-bond donors (Lipinski definition) is 2. The van der Waals surface area contributed by atoms with Crippen molar-refractivity contribution in [3.8, 4) is 0 Å². The van der Waals surface area contributed by atoms with Gasteiger partial charge in [-0.05, 0) is 12.5 Å². The number of benzene rings is 1. The fourth-order valence-electron chi connectivity index (χ4n) is 2.34. The number of carbonyl (C=O) groups is 1. The molecule has 1 amide bonds. The summed E-state index contributed by atoms with van der Waals surface area (Å²) in [5, 5.41) is 2.83. The minimum atomic E-state index is -0.377. The van der Waals surface area contributed by atoms with E-state index in [1.807, 2.05) is 11.8 Å². The Labute approximate surface area is 106 Å². The molecule has 5 heteroatoms. The van der Waals surface area contributed by atoms with Gasteiger partial charge in [0, 0.05) is 25.2 Å². The second kappa shape index (κ2) is 5.35. The Morgan fingerprint density at radius 1 is 1.56 bits per heavy atom. The van der Waals surface area contributed by atoms with Crippen molar-refractivity contribution in [2.75, 3.05) is 18.8 Å². The number of carbonyl (C=O) groups excluding carboxylic acids is 1. The first-order chi connectivity index (χ1) is 8.63. The molecule has 1 atom stereocenters. The van der Waals surface area contributed by atoms with E-state index in [2.05, 4.69) is 5.32 Å². The molecule has 0 bridgehead atoms. The molecule has 0 radical (unpaired) electrons. The van der Waals surface area contributed by atoms with E-state index in [-0.39, 0.29) is 23.5 Å². The van der Waals surface area contributed by atoms with Gasteiger partial charge in [0.25, 0.3) is 0 Å². The third-order valence-electron chi connectivity index (χ3n) is 3.31. The summed E-state index contributed by atoms with van der Waals surface area (Å²) >= 11 is 0. The third-order valence-corrected chi connectivity index (χ3v) is 3.31. The average molecular weight is 251 g/mol. The van der Waals surface area contributed by atoms with Gasteiger partial charge in [0.1, 0.15) is 0 Å². The van der Waals surface area contributed by atoms with Gasteiger partial charge in [0.05, 0.1) is 11.7 Å². The summed E-state index contributed by atoms with van der Waals surface area (Å²) in [5.74, 6) is -0.355. The predicted molar refractivity (Wildman–Crippen MR) is 68.3 cm³/mol. The SMILES string of the molecule is CCC1C(=O)NCCN1Cc1cccc(N)c1F. The number of piperazine rings is 1. The van der Waals surface area contributed by atoms with Crippen LogP contribution in [0, 0.1) is 5.82 Å². The smallest absolute Gasteiger partial charge is 0.237 e. The van der Waals surface area contributed by atoms with Crippen LogP contribution in [0.15, 0.2) is 18.2 Å². The Morgan fingerprint density at radius 2 is 2.33 bits per heavy atom. The first kappa shape index (κ1) is 12.8. The monoisotopic (exact) mass is 251 g/mol. The number of hydrogen-bond acceptors (Lipinski definition) is 3. The van der Waals surface area contributed by atoms with Gasteiger partial charge in [0.2, 0.25) is 5.91 Å². The number of nitrogens with two attached hydrogens (primary N) is 1. The van der Waals surface area contributed by atoms with Gasteiger partial charge in [0.15, 0.2) is 5.82 Å². The van der Waals surface area contributed by atoms with Crippen molar-refractivity contribution in [2.24, 2.45) is 0 Å². The summed E-state index contributed by atoms with van der Waals surface area (Å²) in [7, 11) is 0. The quantitative estimate of drug-likeness (QED) is 0.791. The van der Waals surface area contributed by atoms with Crippen LogP contribution in [0.3, 0.4) is 0 Å². The molecular weight excluding hydrogens is 233 g/mol. The highest BCUT2D eigenvalue weighted by molar-refractivity contribution is 5.82. The van der Waals surface area contributed by atoms with Crippen LogP contribution in [0.2, 0.25) is 0 Å². The van der Waals surface area contributed by atoms with Crippen molar-refractivity contribution in [3.63, 3.8) is 0 Å². The van der Waals surface area contributed by atoms with Crippen LogP contribution in [-0.2, 0) is 11.3 Å². The lowest BCUT2D eigenvalue weighted by Gasteiger charge is -2.34. The summed E-state index contributed by atoms with van der Waals surface area (Å²) in [4.78, 5) is 13.7. The summed E-state index contributed by atoms with van der Waals surface area (Å²) in [6, 6.07) is 4.81. The summed E-state index contributed by atoms with van der Waals surface area (Å²) in [6.07, 6.45) is 0.718. The van der Waals surface area contributed by atoms with E-state index >= 15 is 0 Å². The standard InChI is InChI=1S/C13H18FN3O/c1-2-11-13(18)16-6-7-17(11)8-9-4-3-5-10(15)12(9)14/h3-5,11H,2,6-8,15H2,1H3,(H,16,18). The molecule has 1 saturated heterocycles. The molecule has 2 rings (SSSR count). The zero-order valence-corrected chi connectivity index (χ0v) is 10.4. The number of nitrogens with zero attached hydrogens (tertiary/aromatic N) is 1. The van der Waals surface area contributed by atoms with Crippen LogP contribution in [0.4, 0.5) is 10.1 Å². The predicted octanol–water partition coefficient (Wildman–Crippen LogP) is 1.12. The molecule has 1 heterocycles. The molecule has 0 aromatic heterocycles. The van der Waals surface area contributed by atoms with E-state index in [0.29, 0.717) is 18.7 Å². The lowest BCUT2D eigenvalue weighted by atomic mass is 10.1. The fraction of sp³-hybridized carbons (Fsp3) is 0.462. The van der Waals surface area contributed by atoms with Gasteiger partial charge in [-0.25, -0.2) is 4.39 Å². The van der Waals surface area contributed by atoms with Crippen LogP contribution in [0.5, 0.6) is 0 Å². The van der Waals surface area contributed by atoms with Gasteiger partial charge >= 0.3 is 0 Å². The van der Waals surface area contributed by atoms with E-state index < -0.39 is 0 Å². The molecule has 0 aliphatic carbocycles. The Balaban J connectivity index is 2.17. The lowest BCUT2D eigenvalue weighted by Crippen LogP contribution is -2.54. The molecule has 3 N–H and O–H groups in total. The van der Waals surface area contributed by atoms with Crippen molar-refractivity contribution in [3.05, 3.63) is 29.6 Å². The molecule has 1 aromatic carbocycles. The number of nitrogens with one attached hydrogen (secondary N) is 1. The number of anilines is 1. The molecule has 1 aromatic rings. The van der Waals surface area contributed by atoms with E-state index in [1.54, 1.807) is 18.2 Å². The topological polar surface area (TPSA) is 58.4 Å². The molecule has 1 unspecified atom stereocenters. The van der Waals surface area contributed by atoms with Crippen LogP contribution in [0.1, 0.15) is 18.9 Å². The third kappa shape index (κ3) is 2.46. The van der Waals surface area contributed by atoms with Crippen molar-refractivity contribution in [1.29, 1.82) is 0 Å². The highest BCUT2D eigenvalue weighted by atomic mass is 19.1. The summed E-state index contributed by atoms with van der Waals surface area (Å²) in [6.45, 7) is 3.72. The highest BCUT2D eigenvalue weighted by Gasteiger charge is 2.28. The van der Waals surface area contributed by atoms with Crippen LogP contribution >= 0.6 is 0 Å². The van der Waals surface area contributed by atoms with Gasteiger partial charge in [-0.3, -0.25) is 9.69 Å². The normalized spacial score (nSPS) is 20.8. The van der Waals surface area contributed by atoms with Gasteiger partial charge in [-0.15, -0.1) is 0 Å². The number of amides is 1. The van der Waals surface area contributed by atoms with Crippen LogP contribution in [-0.4, -0.2) is 29.9 Å². The summed E-state index contributed by atoms with van der Waals surface area (Å²) < 4.78 is 13.8. The lowest BCUT2D eigenvalue weighted by molar-refractivity contribution is -0.129. The van der Waals surface area contributed by atoms with Crippen molar-refractivity contribution >= 4 is 11.6 Å². The van der Waals surface area contributed by atoms with E-state index in [9.17, 15) is 9.18 Å². The molecule has 0 spiro atoms. The highest BCUT2D eigenvalue weighted by Crippen LogP contribution is 2.19. The Kier molecular flexibility index (Phi) is 3.81. The van der Waals surface area contributed by atoms with Crippen molar-refractivity contribution < 1.29 is 9.18 Å². The Morgan fingerprint density at radius 3 is 3.06 bits per heavy atom. The second-order valence-electron chi connectivity index (χ2n) is 4.51.